The van der Waals surface area contributed by atoms with Crippen LogP contribution in [0.1, 0.15) is 5.69 Å². The predicted molar refractivity (Wildman–Crippen MR) is 108 cm³/mol. The number of aromatic nitrogens is 4. The van der Waals surface area contributed by atoms with E-state index in [-0.39, 0.29) is 0 Å². The average Bonchev–Trinajstić information content (AvgIpc) is 3.22. The molecule has 138 valence electrons. The molecule has 3 heterocycles. The molecule has 3 aromatic heterocycles. The van der Waals surface area contributed by atoms with Crippen LogP contribution in [-0.2, 0) is 10.0 Å². The molecule has 0 saturated heterocycles. The molecule has 1 aromatic carbocycles. The van der Waals surface area contributed by atoms with Crippen molar-refractivity contribution < 1.29 is 8.42 Å². The number of hydrogen-bond donors (Lipinski definition) is 3. The van der Waals surface area contributed by atoms with Crippen molar-refractivity contribution in [2.45, 2.75) is 6.92 Å². The number of aryl methyl sites for hydroxylation is 1. The van der Waals surface area contributed by atoms with Gasteiger partial charge in [0.1, 0.15) is 11.6 Å². The number of para-hydroxylation sites is 1. The first-order chi connectivity index (χ1) is 12.9. The molecule has 4 rings (SSSR count). The number of sulfonamides is 1. The summed E-state index contributed by atoms with van der Waals surface area (Å²) in [5.41, 5.74) is 2.14. The van der Waals surface area contributed by atoms with Gasteiger partial charge in [-0.2, -0.15) is 5.10 Å². The highest BCUT2D eigenvalue weighted by Gasteiger charge is 2.13. The fourth-order valence-corrected chi connectivity index (χ4v) is 4.01. The largest absolute Gasteiger partial charge is 0.325 e. The maximum absolute atomic E-state index is 11.4. The summed E-state index contributed by atoms with van der Waals surface area (Å²) in [6.07, 6.45) is 1.12. The van der Waals surface area contributed by atoms with Crippen molar-refractivity contribution in [3.05, 3.63) is 47.5 Å². The third-order valence-corrected chi connectivity index (χ3v) is 5.22. The van der Waals surface area contributed by atoms with E-state index in [0.717, 1.165) is 33.5 Å². The quantitative estimate of drug-likeness (QED) is 0.473. The first kappa shape index (κ1) is 17.4. The van der Waals surface area contributed by atoms with Crippen LogP contribution in [-0.4, -0.2) is 34.8 Å². The lowest BCUT2D eigenvalue weighted by molar-refractivity contribution is 0.607. The van der Waals surface area contributed by atoms with Crippen molar-refractivity contribution >= 4 is 49.6 Å². The summed E-state index contributed by atoms with van der Waals surface area (Å²) in [7, 11) is -3.33. The summed E-state index contributed by atoms with van der Waals surface area (Å²) in [6, 6.07) is 11.3. The Morgan fingerprint density at radius 2 is 1.96 bits per heavy atom. The van der Waals surface area contributed by atoms with Gasteiger partial charge in [-0.1, -0.05) is 12.1 Å². The topological polar surface area (TPSA) is 113 Å². The van der Waals surface area contributed by atoms with E-state index in [1.54, 1.807) is 11.4 Å². The Hall–Kier alpha value is -2.98. The van der Waals surface area contributed by atoms with Crippen molar-refractivity contribution in [1.29, 1.82) is 0 Å². The van der Waals surface area contributed by atoms with Gasteiger partial charge in [0.05, 0.1) is 28.0 Å². The van der Waals surface area contributed by atoms with Crippen molar-refractivity contribution in [3.63, 3.8) is 0 Å². The van der Waals surface area contributed by atoms with E-state index in [0.29, 0.717) is 17.3 Å². The zero-order valence-corrected chi connectivity index (χ0v) is 16.1. The average molecular weight is 400 g/mol. The van der Waals surface area contributed by atoms with Gasteiger partial charge in [-0.15, -0.1) is 11.3 Å². The molecule has 0 fully saturated rings. The Kier molecular flexibility index (Phi) is 4.28. The van der Waals surface area contributed by atoms with Crippen LogP contribution in [0.5, 0.6) is 0 Å². The summed E-state index contributed by atoms with van der Waals surface area (Å²) in [6.45, 7) is 1.90. The maximum Gasteiger partial charge on any atom is 0.229 e. The Labute approximate surface area is 159 Å². The van der Waals surface area contributed by atoms with Gasteiger partial charge in [-0.3, -0.25) is 9.82 Å². The van der Waals surface area contributed by atoms with Gasteiger partial charge in [0.15, 0.2) is 5.82 Å². The van der Waals surface area contributed by atoms with Crippen molar-refractivity contribution in [2.24, 2.45) is 0 Å². The van der Waals surface area contributed by atoms with E-state index in [1.807, 2.05) is 37.3 Å². The van der Waals surface area contributed by atoms with Crippen LogP contribution in [0.2, 0.25) is 0 Å². The van der Waals surface area contributed by atoms with E-state index in [4.69, 9.17) is 0 Å². The second-order valence-corrected chi connectivity index (χ2v) is 8.69. The molecule has 27 heavy (non-hydrogen) atoms. The van der Waals surface area contributed by atoms with E-state index in [9.17, 15) is 8.42 Å². The fourth-order valence-electron chi connectivity index (χ4n) is 2.62. The summed E-state index contributed by atoms with van der Waals surface area (Å²) in [5, 5.41) is 12.9. The molecule has 0 amide bonds. The molecule has 0 spiro atoms. The summed E-state index contributed by atoms with van der Waals surface area (Å²) in [4.78, 5) is 10.0. The maximum atomic E-state index is 11.4. The number of rotatable bonds is 5. The number of H-pyrrole nitrogens is 1. The number of hydrogen-bond acceptors (Lipinski definition) is 7. The highest BCUT2D eigenvalue weighted by Crippen LogP contribution is 2.32. The number of nitrogens with zero attached hydrogens (tertiary/aromatic N) is 3. The number of thiophene rings is 1. The zero-order valence-electron chi connectivity index (χ0n) is 14.5. The van der Waals surface area contributed by atoms with Gasteiger partial charge >= 0.3 is 0 Å². The van der Waals surface area contributed by atoms with Crippen molar-refractivity contribution in [3.8, 4) is 10.7 Å². The van der Waals surface area contributed by atoms with Crippen LogP contribution in [0.4, 0.5) is 17.3 Å². The lowest BCUT2D eigenvalue weighted by Crippen LogP contribution is -2.08. The molecule has 8 nitrogen and oxygen atoms in total. The summed E-state index contributed by atoms with van der Waals surface area (Å²) >= 11 is 1.37. The Balaban J connectivity index is 1.77. The zero-order chi connectivity index (χ0) is 19.0. The van der Waals surface area contributed by atoms with Gasteiger partial charge in [-0.25, -0.2) is 18.4 Å². The number of fused-ring (bicyclic) bond motifs is 1. The van der Waals surface area contributed by atoms with E-state index in [1.165, 1.54) is 11.3 Å². The molecule has 0 aliphatic carbocycles. The number of nitrogens with one attached hydrogen (secondary N) is 3. The first-order valence-corrected chi connectivity index (χ1v) is 10.8. The molecule has 0 atom stereocenters. The van der Waals surface area contributed by atoms with Crippen LogP contribution >= 0.6 is 11.3 Å². The number of anilines is 3. The normalized spacial score (nSPS) is 11.6. The van der Waals surface area contributed by atoms with Gasteiger partial charge in [0.25, 0.3) is 0 Å². The standard InChI is InChI=1S/C17H16N6O2S2/c1-10-7-15(22-21-10)19-16-12-5-3-4-6-13(12)18-17(20-16)14-8-11(9-26-14)23-27(2,24)25/h3-9,23H,1-2H3,(H2,18,19,20,21,22). The molecule has 0 bridgehead atoms. The minimum absolute atomic E-state index is 0.493. The molecule has 0 radical (unpaired) electrons. The predicted octanol–water partition coefficient (Wildman–Crippen LogP) is 3.50. The molecule has 0 unspecified atom stereocenters. The van der Waals surface area contributed by atoms with E-state index < -0.39 is 10.0 Å². The summed E-state index contributed by atoms with van der Waals surface area (Å²) < 4.78 is 25.3. The van der Waals surface area contributed by atoms with E-state index >= 15 is 0 Å². The second-order valence-electron chi connectivity index (χ2n) is 6.03. The van der Waals surface area contributed by atoms with Crippen LogP contribution in [0.3, 0.4) is 0 Å². The number of benzene rings is 1. The third-order valence-electron chi connectivity index (χ3n) is 3.69. The highest BCUT2D eigenvalue weighted by atomic mass is 32.2. The lowest BCUT2D eigenvalue weighted by atomic mass is 10.2. The fraction of sp³-hybridized carbons (Fsp3) is 0.118. The van der Waals surface area contributed by atoms with Gasteiger partial charge in [0.2, 0.25) is 10.0 Å². The van der Waals surface area contributed by atoms with E-state index in [2.05, 4.69) is 30.2 Å². The van der Waals surface area contributed by atoms with Gasteiger partial charge in [0, 0.05) is 16.8 Å². The molecule has 4 aromatic rings. The molecular weight excluding hydrogens is 384 g/mol. The SMILES string of the molecule is Cc1cc(Nc2nc(-c3cc(NS(C)(=O)=O)cs3)nc3ccccc23)[nH]n1. The minimum Gasteiger partial charge on any atom is -0.325 e. The van der Waals surface area contributed by atoms with Crippen molar-refractivity contribution in [1.82, 2.24) is 20.2 Å². The Morgan fingerprint density at radius 1 is 1.15 bits per heavy atom. The highest BCUT2D eigenvalue weighted by molar-refractivity contribution is 7.92. The second kappa shape index (κ2) is 6.63. The molecular formula is C17H16N6O2S2. The third kappa shape index (κ3) is 3.91. The minimum atomic E-state index is -3.33. The smallest absolute Gasteiger partial charge is 0.229 e. The molecule has 3 N–H and O–H groups in total. The summed E-state index contributed by atoms with van der Waals surface area (Å²) in [5.74, 6) is 1.89. The lowest BCUT2D eigenvalue weighted by Gasteiger charge is -2.08. The Bertz CT molecular complexity index is 1230. The molecule has 0 aliphatic rings. The van der Waals surface area contributed by atoms with Gasteiger partial charge < -0.3 is 5.32 Å². The van der Waals surface area contributed by atoms with Crippen LogP contribution in [0, 0.1) is 6.92 Å². The van der Waals surface area contributed by atoms with Crippen LogP contribution in [0.15, 0.2) is 41.8 Å². The van der Waals surface area contributed by atoms with Gasteiger partial charge in [-0.05, 0) is 25.1 Å². The first-order valence-electron chi connectivity index (χ1n) is 8.00. The van der Waals surface area contributed by atoms with Crippen molar-refractivity contribution in [2.75, 3.05) is 16.3 Å². The molecule has 0 saturated carbocycles. The van der Waals surface area contributed by atoms with Crippen LogP contribution < -0.4 is 10.0 Å². The number of aromatic amines is 1. The molecule has 0 aliphatic heterocycles. The molecule has 10 heteroatoms. The monoisotopic (exact) mass is 400 g/mol. The van der Waals surface area contributed by atoms with Crippen LogP contribution in [0.25, 0.3) is 21.6 Å². The Morgan fingerprint density at radius 3 is 2.70 bits per heavy atom.